The van der Waals surface area contributed by atoms with E-state index in [1.54, 1.807) is 36.8 Å². The molecule has 0 atom stereocenters. The maximum atomic E-state index is 11.6. The Balaban J connectivity index is 3.08. The van der Waals surface area contributed by atoms with Crippen molar-refractivity contribution in [1.29, 1.82) is 0 Å². The maximum absolute atomic E-state index is 11.6. The fraction of sp³-hybridized carbons (Fsp3) is 0.222. The largest absolute Gasteiger partial charge is 0.465 e. The third-order valence-electron chi connectivity index (χ3n) is 2.78. The number of hydrogen-bond acceptors (Lipinski definition) is 4. The summed E-state index contributed by atoms with van der Waals surface area (Å²) in [5.41, 5.74) is 5.38. The fourth-order valence-electron chi connectivity index (χ4n) is 1.62. The Hall–Kier alpha value is -2.91. The van der Waals surface area contributed by atoms with E-state index in [0.29, 0.717) is 11.3 Å². The average molecular weight is 311 g/mol. The van der Waals surface area contributed by atoms with E-state index in [2.05, 4.69) is 22.3 Å². The molecule has 0 bridgehead atoms. The van der Waals surface area contributed by atoms with Gasteiger partial charge < -0.3 is 9.64 Å². The zero-order chi connectivity index (χ0) is 17.2. The van der Waals surface area contributed by atoms with Gasteiger partial charge in [-0.05, 0) is 24.6 Å². The molecular formula is C18H21N3O2. The lowest BCUT2D eigenvalue weighted by Gasteiger charge is -2.04. The number of aliphatic imine (C=N–C) groups is 2. The number of ether oxygens (including phenoxy) is 1. The number of benzene rings is 1. The van der Waals surface area contributed by atoms with Gasteiger partial charge in [0.05, 0.1) is 30.9 Å². The zero-order valence-corrected chi connectivity index (χ0v) is 13.9. The molecular weight excluding hydrogens is 290 g/mol. The van der Waals surface area contributed by atoms with Crippen molar-refractivity contribution >= 4 is 18.0 Å². The smallest absolute Gasteiger partial charge is 0.337 e. The van der Waals surface area contributed by atoms with Crippen molar-refractivity contribution in [2.24, 2.45) is 9.98 Å². The minimum absolute atomic E-state index is 0.374. The van der Waals surface area contributed by atoms with Crippen LogP contribution in [0.15, 0.2) is 64.5 Å². The molecule has 0 N–H and O–H groups in total. The molecule has 0 radical (unpaired) electrons. The van der Waals surface area contributed by atoms with Crippen LogP contribution in [0.3, 0.4) is 0 Å². The standard InChI is InChI=1S/C18H21N3O2/c1-6-8-17(20-13-21(3)4)12-19-14(2)15-9-7-10-16(11-15)18(22)23-5/h7-13H,1H2,2-5H3/b17-12+,19-14?,20-13?. The number of hydrogen-bond donors (Lipinski definition) is 0. The van der Waals surface area contributed by atoms with Crippen LogP contribution in [0.4, 0.5) is 0 Å². The van der Waals surface area contributed by atoms with Gasteiger partial charge in [-0.1, -0.05) is 18.7 Å². The normalized spacial score (nSPS) is 12.0. The molecule has 0 spiro atoms. The number of carbonyl (C=O) groups excluding carboxylic acids is 1. The summed E-state index contributed by atoms with van der Waals surface area (Å²) in [6.07, 6.45) is 4.93. The lowest BCUT2D eigenvalue weighted by Crippen LogP contribution is -2.07. The first kappa shape index (κ1) is 18.1. The minimum atomic E-state index is -0.374. The summed E-state index contributed by atoms with van der Waals surface area (Å²) in [5.74, 6) is -0.374. The number of allylic oxidation sites excluding steroid dienone is 1. The Morgan fingerprint density at radius 3 is 2.65 bits per heavy atom. The predicted octanol–water partition coefficient (Wildman–Crippen LogP) is 3.05. The van der Waals surface area contributed by atoms with Crippen molar-refractivity contribution in [2.75, 3.05) is 21.2 Å². The van der Waals surface area contributed by atoms with E-state index >= 15 is 0 Å². The molecule has 1 rings (SSSR count). The molecule has 0 fully saturated rings. The van der Waals surface area contributed by atoms with E-state index in [9.17, 15) is 4.79 Å². The monoisotopic (exact) mass is 311 g/mol. The molecule has 0 aliphatic carbocycles. The quantitative estimate of drug-likeness (QED) is 0.267. The Kier molecular flexibility index (Phi) is 7.24. The second kappa shape index (κ2) is 9.18. The van der Waals surface area contributed by atoms with Crippen molar-refractivity contribution in [3.05, 3.63) is 65.7 Å². The highest BCUT2D eigenvalue weighted by atomic mass is 16.5. The van der Waals surface area contributed by atoms with E-state index in [1.807, 2.05) is 32.0 Å². The molecule has 0 saturated carbocycles. The Morgan fingerprint density at radius 1 is 1.35 bits per heavy atom. The molecule has 23 heavy (non-hydrogen) atoms. The van der Waals surface area contributed by atoms with Crippen LogP contribution >= 0.6 is 0 Å². The second-order valence-corrected chi connectivity index (χ2v) is 4.90. The van der Waals surface area contributed by atoms with Gasteiger partial charge in [-0.25, -0.2) is 9.79 Å². The molecule has 5 heteroatoms. The molecule has 1 aromatic rings. The van der Waals surface area contributed by atoms with Gasteiger partial charge in [0.1, 0.15) is 0 Å². The zero-order valence-electron chi connectivity index (χ0n) is 13.9. The van der Waals surface area contributed by atoms with Crippen molar-refractivity contribution in [2.45, 2.75) is 6.92 Å². The lowest BCUT2D eigenvalue weighted by molar-refractivity contribution is 0.0600. The van der Waals surface area contributed by atoms with Gasteiger partial charge in [0.15, 0.2) is 0 Å². The molecule has 120 valence electrons. The average Bonchev–Trinajstić information content (AvgIpc) is 2.56. The van der Waals surface area contributed by atoms with Crippen LogP contribution in [0, 0.1) is 0 Å². The van der Waals surface area contributed by atoms with Gasteiger partial charge in [0.25, 0.3) is 0 Å². The number of esters is 1. The van der Waals surface area contributed by atoms with Gasteiger partial charge in [-0.3, -0.25) is 4.99 Å². The first-order valence-electron chi connectivity index (χ1n) is 6.97. The number of carbonyl (C=O) groups is 1. The van der Waals surface area contributed by atoms with E-state index in [0.717, 1.165) is 11.3 Å². The van der Waals surface area contributed by atoms with E-state index in [4.69, 9.17) is 4.74 Å². The summed E-state index contributed by atoms with van der Waals surface area (Å²) in [4.78, 5) is 22.0. The van der Waals surface area contributed by atoms with Gasteiger partial charge >= 0.3 is 5.97 Å². The molecule has 0 aliphatic heterocycles. The van der Waals surface area contributed by atoms with Crippen molar-refractivity contribution in [3.63, 3.8) is 0 Å². The van der Waals surface area contributed by atoms with Crippen LogP contribution in [0.25, 0.3) is 0 Å². The van der Waals surface area contributed by atoms with Crippen LogP contribution in [-0.4, -0.2) is 44.1 Å². The first-order chi connectivity index (χ1) is 11.0. The Labute approximate surface area is 137 Å². The van der Waals surface area contributed by atoms with Gasteiger partial charge in [-0.15, -0.1) is 5.73 Å². The highest BCUT2D eigenvalue weighted by Crippen LogP contribution is 2.09. The van der Waals surface area contributed by atoms with Crippen LogP contribution in [0.2, 0.25) is 0 Å². The molecule has 0 aromatic heterocycles. The molecule has 0 heterocycles. The summed E-state index contributed by atoms with van der Waals surface area (Å²) in [7, 11) is 5.12. The van der Waals surface area contributed by atoms with Crippen LogP contribution in [0.1, 0.15) is 22.8 Å². The summed E-state index contributed by atoms with van der Waals surface area (Å²) in [5, 5.41) is 0. The number of nitrogens with zero attached hydrogens (tertiary/aromatic N) is 3. The summed E-state index contributed by atoms with van der Waals surface area (Å²) < 4.78 is 4.72. The summed E-state index contributed by atoms with van der Waals surface area (Å²) in [6.45, 7) is 5.40. The van der Waals surface area contributed by atoms with Gasteiger partial charge in [0.2, 0.25) is 0 Å². The fourth-order valence-corrected chi connectivity index (χ4v) is 1.62. The van der Waals surface area contributed by atoms with E-state index in [1.165, 1.54) is 7.11 Å². The van der Waals surface area contributed by atoms with Crippen molar-refractivity contribution < 1.29 is 9.53 Å². The third-order valence-corrected chi connectivity index (χ3v) is 2.78. The lowest BCUT2D eigenvalue weighted by atomic mass is 10.1. The predicted molar refractivity (Wildman–Crippen MR) is 94.0 cm³/mol. The highest BCUT2D eigenvalue weighted by molar-refractivity contribution is 6.01. The van der Waals surface area contributed by atoms with Gasteiger partial charge in [-0.2, -0.15) is 0 Å². The second-order valence-electron chi connectivity index (χ2n) is 4.90. The maximum Gasteiger partial charge on any atom is 0.337 e. The highest BCUT2D eigenvalue weighted by Gasteiger charge is 2.06. The molecule has 0 saturated heterocycles. The number of rotatable bonds is 6. The van der Waals surface area contributed by atoms with E-state index < -0.39 is 0 Å². The molecule has 0 amide bonds. The van der Waals surface area contributed by atoms with Crippen LogP contribution in [0.5, 0.6) is 0 Å². The van der Waals surface area contributed by atoms with Crippen molar-refractivity contribution in [1.82, 2.24) is 4.90 Å². The molecule has 0 aliphatic rings. The van der Waals surface area contributed by atoms with Crippen LogP contribution < -0.4 is 0 Å². The van der Waals surface area contributed by atoms with Crippen LogP contribution in [-0.2, 0) is 4.74 Å². The third kappa shape index (κ3) is 6.16. The minimum Gasteiger partial charge on any atom is -0.465 e. The van der Waals surface area contributed by atoms with Crippen molar-refractivity contribution in [3.8, 4) is 0 Å². The van der Waals surface area contributed by atoms with E-state index in [-0.39, 0.29) is 5.97 Å². The van der Waals surface area contributed by atoms with Gasteiger partial charge in [0, 0.05) is 25.9 Å². The Morgan fingerprint density at radius 2 is 2.04 bits per heavy atom. The number of methoxy groups -OCH3 is 1. The first-order valence-corrected chi connectivity index (χ1v) is 6.97. The topological polar surface area (TPSA) is 54.3 Å². The summed E-state index contributed by atoms with van der Waals surface area (Å²) >= 11 is 0. The molecule has 5 nitrogen and oxygen atoms in total. The SMILES string of the molecule is C=C=C/C(=C\N=C(C)c1cccc(C(=O)OC)c1)N=CN(C)C. The Bertz CT molecular complexity index is 694. The summed E-state index contributed by atoms with van der Waals surface area (Å²) in [6, 6.07) is 7.11. The molecule has 0 unspecified atom stereocenters. The molecule has 1 aromatic carbocycles.